The molecular formula is C17H14Cl2OS. The number of halogens is 2. The highest BCUT2D eigenvalue weighted by Gasteiger charge is 2.31. The molecule has 2 aromatic rings. The SMILES string of the molecule is O=C1CC(c2ccccc2Cl)SC(c2ccccc2Cl)C1. The van der Waals surface area contributed by atoms with Crippen LogP contribution in [0, 0.1) is 0 Å². The van der Waals surface area contributed by atoms with E-state index in [4.69, 9.17) is 23.2 Å². The fourth-order valence-electron chi connectivity index (χ4n) is 2.63. The van der Waals surface area contributed by atoms with Gasteiger partial charge < -0.3 is 0 Å². The maximum Gasteiger partial charge on any atom is 0.135 e. The van der Waals surface area contributed by atoms with E-state index in [0.29, 0.717) is 12.8 Å². The first-order valence-electron chi connectivity index (χ1n) is 6.81. The van der Waals surface area contributed by atoms with Crippen molar-refractivity contribution in [2.24, 2.45) is 0 Å². The summed E-state index contributed by atoms with van der Waals surface area (Å²) >= 11 is 14.3. The van der Waals surface area contributed by atoms with E-state index in [1.165, 1.54) is 0 Å². The van der Waals surface area contributed by atoms with Gasteiger partial charge in [0.15, 0.2) is 0 Å². The molecule has 0 N–H and O–H groups in total. The summed E-state index contributed by atoms with van der Waals surface area (Å²) < 4.78 is 0. The molecule has 2 unspecified atom stereocenters. The third-order valence-corrected chi connectivity index (χ3v) is 5.85. The summed E-state index contributed by atoms with van der Waals surface area (Å²) in [5.74, 6) is 0.267. The van der Waals surface area contributed by atoms with Crippen LogP contribution in [0.2, 0.25) is 10.0 Å². The average Bonchev–Trinajstić information content (AvgIpc) is 2.47. The van der Waals surface area contributed by atoms with Gasteiger partial charge in [0.2, 0.25) is 0 Å². The summed E-state index contributed by atoms with van der Waals surface area (Å²) in [5.41, 5.74) is 2.07. The molecule has 1 aliphatic rings. The van der Waals surface area contributed by atoms with Gasteiger partial charge in [-0.25, -0.2) is 0 Å². The quantitative estimate of drug-likeness (QED) is 0.681. The fourth-order valence-corrected chi connectivity index (χ4v) is 4.96. The summed E-state index contributed by atoms with van der Waals surface area (Å²) in [6.45, 7) is 0. The smallest absolute Gasteiger partial charge is 0.135 e. The Balaban J connectivity index is 1.91. The minimum atomic E-state index is 0.0984. The lowest BCUT2D eigenvalue weighted by molar-refractivity contribution is -0.119. The number of hydrogen-bond acceptors (Lipinski definition) is 2. The molecule has 0 saturated carbocycles. The second-order valence-electron chi connectivity index (χ2n) is 5.10. The molecule has 0 aromatic heterocycles. The number of rotatable bonds is 2. The summed E-state index contributed by atoms with van der Waals surface area (Å²) in [6.07, 6.45) is 1.07. The van der Waals surface area contributed by atoms with Gasteiger partial charge in [-0.3, -0.25) is 4.79 Å². The number of thioether (sulfide) groups is 1. The van der Waals surface area contributed by atoms with Crippen molar-refractivity contribution >= 4 is 40.7 Å². The molecule has 0 radical (unpaired) electrons. The van der Waals surface area contributed by atoms with Crippen molar-refractivity contribution in [1.82, 2.24) is 0 Å². The molecular weight excluding hydrogens is 323 g/mol. The van der Waals surface area contributed by atoms with Gasteiger partial charge in [-0.2, -0.15) is 0 Å². The van der Waals surface area contributed by atoms with Crippen molar-refractivity contribution in [2.45, 2.75) is 23.3 Å². The van der Waals surface area contributed by atoms with Crippen LogP contribution in [0.1, 0.15) is 34.5 Å². The second kappa shape index (κ2) is 6.43. The molecule has 108 valence electrons. The Labute approximate surface area is 138 Å². The standard InChI is InChI=1S/C17H14Cl2OS/c18-14-7-3-1-5-12(14)16-9-11(20)10-17(21-16)13-6-2-4-8-15(13)19/h1-8,16-17H,9-10H2. The summed E-state index contributed by atoms with van der Waals surface area (Å²) in [7, 11) is 0. The molecule has 1 nitrogen and oxygen atoms in total. The normalized spacial score (nSPS) is 22.3. The monoisotopic (exact) mass is 336 g/mol. The molecule has 2 aromatic carbocycles. The van der Waals surface area contributed by atoms with Gasteiger partial charge in [-0.15, -0.1) is 11.8 Å². The first-order chi connectivity index (χ1) is 10.1. The Bertz CT molecular complexity index is 616. The highest BCUT2D eigenvalue weighted by Crippen LogP contribution is 2.51. The molecule has 21 heavy (non-hydrogen) atoms. The third-order valence-electron chi connectivity index (χ3n) is 3.66. The Morgan fingerprint density at radius 3 is 1.67 bits per heavy atom. The lowest BCUT2D eigenvalue weighted by atomic mass is 10.0. The number of carbonyl (C=O) groups excluding carboxylic acids is 1. The molecule has 1 saturated heterocycles. The molecule has 0 amide bonds. The zero-order valence-corrected chi connectivity index (χ0v) is 13.6. The fraction of sp³-hybridized carbons (Fsp3) is 0.235. The first-order valence-corrected chi connectivity index (χ1v) is 8.51. The van der Waals surface area contributed by atoms with Gasteiger partial charge in [0.1, 0.15) is 5.78 Å². The number of benzene rings is 2. The summed E-state index contributed by atoms with van der Waals surface area (Å²) in [5, 5.41) is 1.65. The summed E-state index contributed by atoms with van der Waals surface area (Å²) in [4.78, 5) is 12.2. The van der Waals surface area contributed by atoms with Gasteiger partial charge in [0.05, 0.1) is 0 Å². The highest BCUT2D eigenvalue weighted by atomic mass is 35.5. The van der Waals surface area contributed by atoms with E-state index >= 15 is 0 Å². The van der Waals surface area contributed by atoms with Crippen LogP contribution in [-0.4, -0.2) is 5.78 Å². The number of hydrogen-bond donors (Lipinski definition) is 0. The topological polar surface area (TPSA) is 17.1 Å². The Morgan fingerprint density at radius 2 is 1.24 bits per heavy atom. The number of ketones is 1. The van der Waals surface area contributed by atoms with Gasteiger partial charge in [-0.1, -0.05) is 59.6 Å². The Hall–Kier alpha value is -0.960. The van der Waals surface area contributed by atoms with Crippen molar-refractivity contribution < 1.29 is 4.79 Å². The van der Waals surface area contributed by atoms with E-state index < -0.39 is 0 Å². The maximum absolute atomic E-state index is 12.2. The lowest BCUT2D eigenvalue weighted by Gasteiger charge is -2.29. The largest absolute Gasteiger partial charge is 0.300 e. The van der Waals surface area contributed by atoms with Gasteiger partial charge in [-0.05, 0) is 23.3 Å². The average molecular weight is 337 g/mol. The Morgan fingerprint density at radius 1 is 0.810 bits per heavy atom. The predicted molar refractivity (Wildman–Crippen MR) is 90.2 cm³/mol. The van der Waals surface area contributed by atoms with Crippen LogP contribution in [0.15, 0.2) is 48.5 Å². The van der Waals surface area contributed by atoms with Crippen LogP contribution in [0.25, 0.3) is 0 Å². The Kier molecular flexibility index (Phi) is 4.58. The van der Waals surface area contributed by atoms with Crippen LogP contribution in [0.4, 0.5) is 0 Å². The molecule has 4 heteroatoms. The minimum Gasteiger partial charge on any atom is -0.300 e. The highest BCUT2D eigenvalue weighted by molar-refractivity contribution is 7.99. The molecule has 3 rings (SSSR count). The van der Waals surface area contributed by atoms with E-state index in [2.05, 4.69) is 0 Å². The van der Waals surface area contributed by atoms with E-state index in [9.17, 15) is 4.79 Å². The van der Waals surface area contributed by atoms with Crippen LogP contribution in [0.5, 0.6) is 0 Å². The summed E-state index contributed by atoms with van der Waals surface area (Å²) in [6, 6.07) is 15.5. The maximum atomic E-state index is 12.2. The molecule has 2 atom stereocenters. The number of Topliss-reactive ketones (excluding diaryl/α,β-unsaturated/α-hetero) is 1. The molecule has 1 fully saturated rings. The van der Waals surface area contributed by atoms with Gasteiger partial charge in [0.25, 0.3) is 0 Å². The van der Waals surface area contributed by atoms with Gasteiger partial charge in [0, 0.05) is 33.4 Å². The van der Waals surface area contributed by atoms with E-state index in [-0.39, 0.29) is 16.3 Å². The second-order valence-corrected chi connectivity index (χ2v) is 7.33. The van der Waals surface area contributed by atoms with Crippen LogP contribution >= 0.6 is 35.0 Å². The van der Waals surface area contributed by atoms with Crippen molar-refractivity contribution in [3.63, 3.8) is 0 Å². The molecule has 1 heterocycles. The van der Waals surface area contributed by atoms with Crippen LogP contribution in [0.3, 0.4) is 0 Å². The zero-order chi connectivity index (χ0) is 14.8. The van der Waals surface area contributed by atoms with Crippen molar-refractivity contribution in [1.29, 1.82) is 0 Å². The van der Waals surface area contributed by atoms with E-state index in [0.717, 1.165) is 21.2 Å². The van der Waals surface area contributed by atoms with Crippen molar-refractivity contribution in [3.05, 3.63) is 69.7 Å². The zero-order valence-electron chi connectivity index (χ0n) is 11.3. The molecule has 1 aliphatic heterocycles. The van der Waals surface area contributed by atoms with Crippen LogP contribution < -0.4 is 0 Å². The van der Waals surface area contributed by atoms with Crippen molar-refractivity contribution in [2.75, 3.05) is 0 Å². The third kappa shape index (κ3) is 3.28. The number of carbonyl (C=O) groups is 1. The first kappa shape index (κ1) is 15.0. The minimum absolute atomic E-state index is 0.0984. The van der Waals surface area contributed by atoms with E-state index in [1.54, 1.807) is 11.8 Å². The lowest BCUT2D eigenvalue weighted by Crippen LogP contribution is -2.16. The van der Waals surface area contributed by atoms with Gasteiger partial charge >= 0.3 is 0 Å². The predicted octanol–water partition coefficient (Wildman–Crippen LogP) is 5.87. The van der Waals surface area contributed by atoms with E-state index in [1.807, 2.05) is 48.5 Å². The molecule has 0 aliphatic carbocycles. The molecule has 0 spiro atoms. The molecule has 0 bridgehead atoms. The van der Waals surface area contributed by atoms with Crippen molar-refractivity contribution in [3.8, 4) is 0 Å². The van der Waals surface area contributed by atoms with Crippen LogP contribution in [-0.2, 0) is 4.79 Å².